The molecular weight excluding hydrogens is 190 g/mol. The highest BCUT2D eigenvalue weighted by molar-refractivity contribution is 5.87. The molecule has 1 aliphatic heterocycles. The second kappa shape index (κ2) is 3.99. The number of carbonyl (C=O) groups excluding carboxylic acids is 1. The average Bonchev–Trinajstić information content (AvgIpc) is 2.15. The fourth-order valence-electron chi connectivity index (χ4n) is 1.26. The number of nitrogens with zero attached hydrogens (tertiary/aromatic N) is 1. The van der Waals surface area contributed by atoms with Gasteiger partial charge in [0, 0.05) is 13.0 Å². The summed E-state index contributed by atoms with van der Waals surface area (Å²) in [6.45, 7) is 0.146. The molecule has 0 saturated heterocycles. The lowest BCUT2D eigenvalue weighted by atomic mass is 10.1. The minimum atomic E-state index is -1.15. The Balaban J connectivity index is 2.73. The molecule has 0 aromatic rings. The zero-order chi connectivity index (χ0) is 10.7. The summed E-state index contributed by atoms with van der Waals surface area (Å²) in [6, 6.07) is 0. The van der Waals surface area contributed by atoms with Gasteiger partial charge in [-0.1, -0.05) is 0 Å². The van der Waals surface area contributed by atoms with Crippen LogP contribution in [-0.2, 0) is 9.53 Å². The molecule has 1 amide bonds. The van der Waals surface area contributed by atoms with Crippen LogP contribution in [0, 0.1) is 0 Å². The fourth-order valence-corrected chi connectivity index (χ4v) is 1.26. The van der Waals surface area contributed by atoms with Crippen molar-refractivity contribution in [2.75, 3.05) is 20.2 Å². The van der Waals surface area contributed by atoms with Crippen molar-refractivity contribution in [1.82, 2.24) is 4.90 Å². The number of aliphatic hydroxyl groups is 1. The van der Waals surface area contributed by atoms with E-state index < -0.39 is 12.1 Å². The van der Waals surface area contributed by atoms with Crippen molar-refractivity contribution in [3.05, 3.63) is 11.3 Å². The highest BCUT2D eigenvalue weighted by atomic mass is 16.5. The molecule has 14 heavy (non-hydrogen) atoms. The lowest BCUT2D eigenvalue weighted by Crippen LogP contribution is -2.38. The van der Waals surface area contributed by atoms with Gasteiger partial charge in [0.2, 0.25) is 0 Å². The maximum Gasteiger partial charge on any atom is 0.409 e. The van der Waals surface area contributed by atoms with Crippen LogP contribution in [0.3, 0.4) is 0 Å². The van der Waals surface area contributed by atoms with Crippen molar-refractivity contribution < 1.29 is 24.5 Å². The van der Waals surface area contributed by atoms with Gasteiger partial charge in [-0.2, -0.15) is 0 Å². The summed E-state index contributed by atoms with van der Waals surface area (Å²) in [5.74, 6) is -1.43. The number of ether oxygens (including phenoxy) is 1. The molecule has 6 heteroatoms. The molecule has 0 bridgehead atoms. The predicted molar refractivity (Wildman–Crippen MR) is 45.9 cm³/mol. The molecule has 0 spiro atoms. The van der Waals surface area contributed by atoms with Crippen LogP contribution in [-0.4, -0.2) is 47.4 Å². The Labute approximate surface area is 80.4 Å². The number of carboxylic acid groups (broad SMARTS) is 1. The zero-order valence-corrected chi connectivity index (χ0v) is 7.69. The summed E-state index contributed by atoms with van der Waals surface area (Å²) in [5.41, 5.74) is -0.0369. The van der Waals surface area contributed by atoms with E-state index in [0.29, 0.717) is 0 Å². The van der Waals surface area contributed by atoms with Gasteiger partial charge in [0.1, 0.15) is 5.76 Å². The first-order valence-corrected chi connectivity index (χ1v) is 4.03. The number of carbonyl (C=O) groups is 2. The molecule has 0 aromatic heterocycles. The predicted octanol–water partition coefficient (Wildman–Crippen LogP) is 0.355. The lowest BCUT2D eigenvalue weighted by molar-refractivity contribution is -0.133. The quantitative estimate of drug-likeness (QED) is 0.639. The van der Waals surface area contributed by atoms with E-state index in [1.165, 1.54) is 12.0 Å². The third-order valence-corrected chi connectivity index (χ3v) is 2.01. The number of hydrogen-bond donors (Lipinski definition) is 2. The Morgan fingerprint density at radius 2 is 2.14 bits per heavy atom. The van der Waals surface area contributed by atoms with E-state index >= 15 is 0 Å². The first kappa shape index (κ1) is 10.4. The maximum atomic E-state index is 11.0. The molecule has 0 atom stereocenters. The normalized spacial score (nSPS) is 16.8. The number of rotatable bonds is 1. The Bertz CT molecular complexity index is 296. The molecule has 1 rings (SSSR count). The number of carboxylic acids is 1. The molecule has 0 saturated carbocycles. The van der Waals surface area contributed by atoms with Crippen LogP contribution >= 0.6 is 0 Å². The molecule has 2 N–H and O–H groups in total. The van der Waals surface area contributed by atoms with Gasteiger partial charge in [-0.25, -0.2) is 9.59 Å². The molecule has 78 valence electrons. The summed E-state index contributed by atoms with van der Waals surface area (Å²) in [5, 5.41) is 17.9. The number of methoxy groups -OCH3 is 1. The van der Waals surface area contributed by atoms with Crippen LogP contribution < -0.4 is 0 Å². The molecule has 0 aliphatic carbocycles. The molecular formula is C8H11NO5. The third-order valence-electron chi connectivity index (χ3n) is 2.01. The first-order valence-electron chi connectivity index (χ1n) is 4.03. The second-order valence-corrected chi connectivity index (χ2v) is 2.87. The Kier molecular flexibility index (Phi) is 2.95. The first-order chi connectivity index (χ1) is 6.56. The molecule has 1 aliphatic rings. The van der Waals surface area contributed by atoms with E-state index in [9.17, 15) is 14.7 Å². The van der Waals surface area contributed by atoms with Gasteiger partial charge in [-0.3, -0.25) is 0 Å². The number of aliphatic carboxylic acids is 1. The summed E-state index contributed by atoms with van der Waals surface area (Å²) in [4.78, 5) is 22.8. The highest BCUT2D eigenvalue weighted by Gasteiger charge is 2.26. The van der Waals surface area contributed by atoms with E-state index in [0.717, 1.165) is 0 Å². The largest absolute Gasteiger partial charge is 0.510 e. The summed E-state index contributed by atoms with van der Waals surface area (Å²) >= 11 is 0. The van der Waals surface area contributed by atoms with Gasteiger partial charge in [0.15, 0.2) is 0 Å². The van der Waals surface area contributed by atoms with Gasteiger partial charge >= 0.3 is 12.1 Å². The standard InChI is InChI=1S/C8H11NO5/c1-14-8(13)9-3-2-5(7(11)12)6(10)4-9/h10H,2-4H2,1H3,(H,11,12). The maximum absolute atomic E-state index is 11.0. The summed E-state index contributed by atoms with van der Waals surface area (Å²) < 4.78 is 4.44. The highest BCUT2D eigenvalue weighted by Crippen LogP contribution is 2.16. The average molecular weight is 201 g/mol. The molecule has 0 unspecified atom stereocenters. The van der Waals surface area contributed by atoms with Crippen molar-refractivity contribution in [1.29, 1.82) is 0 Å². The molecule has 0 aromatic carbocycles. The van der Waals surface area contributed by atoms with Gasteiger partial charge in [-0.05, 0) is 0 Å². The Morgan fingerprint density at radius 1 is 1.50 bits per heavy atom. The second-order valence-electron chi connectivity index (χ2n) is 2.87. The molecule has 0 radical (unpaired) electrons. The van der Waals surface area contributed by atoms with Crippen molar-refractivity contribution >= 4 is 12.1 Å². The van der Waals surface area contributed by atoms with E-state index in [2.05, 4.69) is 4.74 Å². The SMILES string of the molecule is COC(=O)N1CCC(C(=O)O)=C(O)C1. The smallest absolute Gasteiger partial charge is 0.409 e. The number of amides is 1. The van der Waals surface area contributed by atoms with Crippen LogP contribution in [0.1, 0.15) is 6.42 Å². The van der Waals surface area contributed by atoms with E-state index in [1.54, 1.807) is 0 Å². The molecule has 6 nitrogen and oxygen atoms in total. The van der Waals surface area contributed by atoms with Crippen molar-refractivity contribution in [2.24, 2.45) is 0 Å². The topological polar surface area (TPSA) is 87.1 Å². The monoisotopic (exact) mass is 201 g/mol. The van der Waals surface area contributed by atoms with Crippen molar-refractivity contribution in [3.63, 3.8) is 0 Å². The van der Waals surface area contributed by atoms with E-state index in [4.69, 9.17) is 5.11 Å². The Morgan fingerprint density at radius 3 is 2.57 bits per heavy atom. The summed E-state index contributed by atoms with van der Waals surface area (Å²) in [7, 11) is 1.23. The third kappa shape index (κ3) is 1.95. The molecule has 0 fully saturated rings. The van der Waals surface area contributed by atoms with Crippen LogP contribution in [0.25, 0.3) is 0 Å². The van der Waals surface area contributed by atoms with Crippen molar-refractivity contribution in [2.45, 2.75) is 6.42 Å². The summed E-state index contributed by atoms with van der Waals surface area (Å²) in [6.07, 6.45) is -0.433. The van der Waals surface area contributed by atoms with Gasteiger partial charge in [0.05, 0.1) is 19.2 Å². The van der Waals surface area contributed by atoms with E-state index in [1.807, 2.05) is 0 Å². The Hall–Kier alpha value is -1.72. The fraction of sp³-hybridized carbons (Fsp3) is 0.500. The van der Waals surface area contributed by atoms with Crippen LogP contribution in [0.4, 0.5) is 4.79 Å². The zero-order valence-electron chi connectivity index (χ0n) is 7.69. The minimum Gasteiger partial charge on any atom is -0.510 e. The number of aliphatic hydroxyl groups excluding tert-OH is 1. The lowest BCUT2D eigenvalue weighted by Gasteiger charge is -2.25. The van der Waals surface area contributed by atoms with Crippen LogP contribution in [0.5, 0.6) is 0 Å². The van der Waals surface area contributed by atoms with Gasteiger partial charge in [0.25, 0.3) is 0 Å². The minimum absolute atomic E-state index is 0.0369. The van der Waals surface area contributed by atoms with E-state index in [-0.39, 0.29) is 30.8 Å². The number of hydrogen-bond acceptors (Lipinski definition) is 4. The van der Waals surface area contributed by atoms with Gasteiger partial charge < -0.3 is 19.8 Å². The van der Waals surface area contributed by atoms with Crippen LogP contribution in [0.2, 0.25) is 0 Å². The van der Waals surface area contributed by atoms with Crippen LogP contribution in [0.15, 0.2) is 11.3 Å². The van der Waals surface area contributed by atoms with Gasteiger partial charge in [-0.15, -0.1) is 0 Å². The molecule has 1 heterocycles. The van der Waals surface area contributed by atoms with Crippen molar-refractivity contribution in [3.8, 4) is 0 Å².